The van der Waals surface area contributed by atoms with Crippen LogP contribution in [0.1, 0.15) is 388 Å². The van der Waals surface area contributed by atoms with Crippen LogP contribution in [0, 0.1) is 5.92 Å². The maximum Gasteiger partial charge on any atom is 0.472 e. The van der Waals surface area contributed by atoms with E-state index < -0.39 is 97.5 Å². The Morgan fingerprint density at radius 2 is 0.557 bits per heavy atom. The van der Waals surface area contributed by atoms with Crippen LogP contribution in [0.15, 0.2) is 24.3 Å². The molecule has 0 aromatic rings. The van der Waals surface area contributed by atoms with E-state index in [4.69, 9.17) is 37.0 Å². The van der Waals surface area contributed by atoms with Crippen LogP contribution in [0.25, 0.3) is 0 Å². The maximum absolute atomic E-state index is 13.1. The molecule has 0 aliphatic carbocycles. The van der Waals surface area contributed by atoms with Gasteiger partial charge in [-0.05, 0) is 57.3 Å². The minimum atomic E-state index is -4.97. The lowest BCUT2D eigenvalue weighted by Crippen LogP contribution is -2.30. The molecule has 0 aliphatic rings. The Bertz CT molecular complexity index is 1950. The highest BCUT2D eigenvalue weighted by Crippen LogP contribution is 2.45. The predicted molar refractivity (Wildman–Crippen MR) is 395 cm³/mol. The molecule has 3 N–H and O–H groups in total. The van der Waals surface area contributed by atoms with Crippen molar-refractivity contribution in [2.45, 2.75) is 406 Å². The molecule has 0 saturated heterocycles. The normalized spacial score (nSPS) is 14.1. The summed E-state index contributed by atoms with van der Waals surface area (Å²) in [6.45, 7) is 7.22. The van der Waals surface area contributed by atoms with Crippen LogP contribution in [-0.4, -0.2) is 96.7 Å². The molecule has 0 saturated carbocycles. The van der Waals surface area contributed by atoms with Gasteiger partial charge >= 0.3 is 39.5 Å². The largest absolute Gasteiger partial charge is 0.472 e. The van der Waals surface area contributed by atoms with Crippen molar-refractivity contribution in [3.8, 4) is 0 Å². The average molecular weight is 1420 g/mol. The zero-order valence-electron chi connectivity index (χ0n) is 62.7. The van der Waals surface area contributed by atoms with Crippen molar-refractivity contribution in [3.05, 3.63) is 24.3 Å². The third-order valence-electron chi connectivity index (χ3n) is 17.7. The quantitative estimate of drug-likeness (QED) is 0.0169. The fourth-order valence-electron chi connectivity index (χ4n) is 11.5. The molecule has 0 heterocycles. The number of rotatable bonds is 76. The summed E-state index contributed by atoms with van der Waals surface area (Å²) in [7, 11) is -9.92. The Morgan fingerprint density at radius 3 is 0.845 bits per heavy atom. The van der Waals surface area contributed by atoms with Crippen molar-refractivity contribution in [1.82, 2.24) is 0 Å². The molecule has 0 amide bonds. The van der Waals surface area contributed by atoms with Gasteiger partial charge in [-0.25, -0.2) is 9.13 Å². The van der Waals surface area contributed by atoms with Crippen molar-refractivity contribution in [2.24, 2.45) is 5.92 Å². The number of aliphatic hydroxyl groups is 1. The number of ether oxygens (including phenoxy) is 4. The Kier molecular flexibility index (Phi) is 68.8. The number of hydrogen-bond acceptors (Lipinski definition) is 15. The van der Waals surface area contributed by atoms with Crippen LogP contribution in [0.3, 0.4) is 0 Å². The van der Waals surface area contributed by atoms with Gasteiger partial charge in [0, 0.05) is 25.7 Å². The number of phosphoric acid groups is 2. The van der Waals surface area contributed by atoms with E-state index in [-0.39, 0.29) is 25.7 Å². The van der Waals surface area contributed by atoms with E-state index in [1.165, 1.54) is 186 Å². The van der Waals surface area contributed by atoms with Crippen molar-refractivity contribution >= 4 is 39.5 Å². The van der Waals surface area contributed by atoms with Crippen molar-refractivity contribution in [3.63, 3.8) is 0 Å². The Morgan fingerprint density at radius 1 is 0.320 bits per heavy atom. The molecule has 0 bridgehead atoms. The Hall–Kier alpha value is -2.46. The van der Waals surface area contributed by atoms with Gasteiger partial charge in [0.25, 0.3) is 0 Å². The monoisotopic (exact) mass is 1420 g/mol. The lowest BCUT2D eigenvalue weighted by Gasteiger charge is -2.21. The van der Waals surface area contributed by atoms with E-state index in [2.05, 4.69) is 58.9 Å². The summed E-state index contributed by atoms with van der Waals surface area (Å²) in [6.07, 6.45) is 63.3. The predicted octanol–water partition coefficient (Wildman–Crippen LogP) is 22.8. The molecule has 0 aliphatic heterocycles. The van der Waals surface area contributed by atoms with Gasteiger partial charge in [0.2, 0.25) is 0 Å². The second-order valence-corrected chi connectivity index (χ2v) is 30.8. The first-order valence-electron chi connectivity index (χ1n) is 40.0. The zero-order valence-corrected chi connectivity index (χ0v) is 64.5. The zero-order chi connectivity index (χ0) is 71.2. The standard InChI is InChI=1S/C78H148O17P2/c1-6-9-12-15-18-21-23-25-27-28-29-30-32-34-39-43-48-53-58-63-77(82)95-74(68-89-76(81)62-57-52-47-42-38-33-31-26-24-22-19-16-13-10-7-2)70-93-97(86,87)91-66-72(79)65-90-96(84,85)92-69-73(67-88-75(80)61-56-51-46-20-17-14-11-8-3)94-78(83)64-59-54-49-44-40-36-35-37-41-45-50-55-60-71(4)5/h22,24,26,31,71-74,79H,6-21,23,25,27-30,32-70H2,1-5H3,(H,84,85)(H,86,87)/b24-22-,31-26-/t72-,73+,74+/m0/s1. The number of esters is 4. The van der Waals surface area contributed by atoms with Gasteiger partial charge in [0.1, 0.15) is 19.3 Å². The first-order valence-corrected chi connectivity index (χ1v) is 42.9. The number of aliphatic hydroxyl groups excluding tert-OH is 1. The average Bonchev–Trinajstić information content (AvgIpc) is 2.69. The summed E-state index contributed by atoms with van der Waals surface area (Å²) in [4.78, 5) is 72.8. The molecule has 17 nitrogen and oxygen atoms in total. The van der Waals surface area contributed by atoms with E-state index >= 15 is 0 Å². The number of unbranched alkanes of at least 4 members (excludes halogenated alkanes) is 45. The summed E-state index contributed by atoms with van der Waals surface area (Å²) in [5.74, 6) is -1.37. The molecule has 0 spiro atoms. The fourth-order valence-corrected chi connectivity index (χ4v) is 13.1. The summed E-state index contributed by atoms with van der Waals surface area (Å²) in [5.41, 5.74) is 0. The lowest BCUT2D eigenvalue weighted by molar-refractivity contribution is -0.161. The molecule has 0 radical (unpaired) electrons. The van der Waals surface area contributed by atoms with E-state index in [0.29, 0.717) is 25.7 Å². The van der Waals surface area contributed by atoms with E-state index in [0.717, 1.165) is 121 Å². The number of phosphoric ester groups is 2. The van der Waals surface area contributed by atoms with Crippen molar-refractivity contribution in [2.75, 3.05) is 39.6 Å². The molecule has 19 heteroatoms. The molecule has 2 unspecified atom stereocenters. The summed E-state index contributed by atoms with van der Waals surface area (Å²) in [6, 6.07) is 0. The van der Waals surface area contributed by atoms with Crippen LogP contribution in [-0.2, 0) is 65.4 Å². The minimum Gasteiger partial charge on any atom is -0.462 e. The van der Waals surface area contributed by atoms with Crippen LogP contribution >= 0.6 is 15.6 Å². The highest BCUT2D eigenvalue weighted by atomic mass is 31.2. The molecular formula is C78H148O17P2. The SMILES string of the molecule is CCCCCC/C=C\C=C/CCCCCCCC(=O)OC[C@H](COP(=O)(O)OC[C@@H](O)COP(=O)(O)OC[C@@H](COC(=O)CCCCCCCCCC)OC(=O)CCCCCCCCCCCCCCC(C)C)OC(=O)CCCCCCCCCCCCCCCCCCCCC. The van der Waals surface area contributed by atoms with Crippen LogP contribution in [0.5, 0.6) is 0 Å². The fraction of sp³-hybridized carbons (Fsp3) is 0.897. The van der Waals surface area contributed by atoms with Crippen molar-refractivity contribution in [1.29, 1.82) is 0 Å². The maximum atomic E-state index is 13.1. The second-order valence-electron chi connectivity index (χ2n) is 27.9. The third kappa shape index (κ3) is 71.7. The highest BCUT2D eigenvalue weighted by molar-refractivity contribution is 7.47. The molecule has 0 fully saturated rings. The van der Waals surface area contributed by atoms with Gasteiger partial charge in [-0.3, -0.25) is 37.3 Å². The van der Waals surface area contributed by atoms with E-state index in [1.54, 1.807) is 0 Å². The minimum absolute atomic E-state index is 0.102. The number of carbonyl (C=O) groups excluding carboxylic acids is 4. The van der Waals surface area contributed by atoms with Gasteiger partial charge < -0.3 is 33.8 Å². The van der Waals surface area contributed by atoms with E-state index in [1.807, 2.05) is 0 Å². The first-order chi connectivity index (χ1) is 47.0. The number of hydrogen-bond donors (Lipinski definition) is 3. The molecule has 0 aromatic heterocycles. The van der Waals surface area contributed by atoms with Gasteiger partial charge in [-0.1, -0.05) is 335 Å². The first kappa shape index (κ1) is 94.5. The van der Waals surface area contributed by atoms with Crippen LogP contribution in [0.2, 0.25) is 0 Å². The van der Waals surface area contributed by atoms with Gasteiger partial charge in [-0.2, -0.15) is 0 Å². The summed E-state index contributed by atoms with van der Waals surface area (Å²) >= 11 is 0. The molecule has 0 aromatic carbocycles. The van der Waals surface area contributed by atoms with Crippen molar-refractivity contribution < 1.29 is 80.2 Å². The lowest BCUT2D eigenvalue weighted by atomic mass is 10.0. The number of allylic oxidation sites excluding steroid dienone is 4. The third-order valence-corrected chi connectivity index (χ3v) is 19.6. The van der Waals surface area contributed by atoms with Crippen LogP contribution in [0.4, 0.5) is 0 Å². The van der Waals surface area contributed by atoms with Gasteiger partial charge in [0.15, 0.2) is 12.2 Å². The second kappa shape index (κ2) is 70.6. The summed E-state index contributed by atoms with van der Waals surface area (Å²) < 4.78 is 68.5. The molecule has 0 rings (SSSR count). The topological polar surface area (TPSA) is 237 Å². The molecular weight excluding hydrogens is 1270 g/mol. The Balaban J connectivity index is 5.24. The molecule has 5 atom stereocenters. The Labute approximate surface area is 592 Å². The van der Waals surface area contributed by atoms with Gasteiger partial charge in [-0.15, -0.1) is 0 Å². The number of carbonyl (C=O) groups is 4. The molecule has 97 heavy (non-hydrogen) atoms. The summed E-state index contributed by atoms with van der Waals surface area (Å²) in [5, 5.41) is 10.6. The van der Waals surface area contributed by atoms with E-state index in [9.17, 15) is 43.2 Å². The molecule has 572 valence electrons. The van der Waals surface area contributed by atoms with Gasteiger partial charge in [0.05, 0.1) is 26.4 Å². The highest BCUT2D eigenvalue weighted by Gasteiger charge is 2.30. The smallest absolute Gasteiger partial charge is 0.462 e. The van der Waals surface area contributed by atoms with Crippen LogP contribution < -0.4 is 0 Å².